The molecule has 4 heteroatoms. The largest absolute Gasteiger partial charge is 0.493 e. The molecule has 3 nitrogen and oxygen atoms in total. The van der Waals surface area contributed by atoms with Gasteiger partial charge in [-0.2, -0.15) is 0 Å². The fourth-order valence-electron chi connectivity index (χ4n) is 1.67. The lowest BCUT2D eigenvalue weighted by Gasteiger charge is -2.10. The van der Waals surface area contributed by atoms with E-state index in [1.54, 1.807) is 36.5 Å². The maximum absolute atomic E-state index is 12.4. The molecule has 0 bridgehead atoms. The Morgan fingerprint density at radius 3 is 2.79 bits per heavy atom. The minimum absolute atomic E-state index is 0.225. The van der Waals surface area contributed by atoms with Crippen molar-refractivity contribution in [2.24, 2.45) is 0 Å². The summed E-state index contributed by atoms with van der Waals surface area (Å²) in [5, 5.41) is 0.345. The van der Waals surface area contributed by atoms with Crippen LogP contribution in [0.4, 0.5) is 0 Å². The number of nitrogens with zero attached hydrogens (tertiary/aromatic N) is 1. The van der Waals surface area contributed by atoms with Crippen molar-refractivity contribution in [3.63, 3.8) is 0 Å². The molecule has 0 saturated carbocycles. The van der Waals surface area contributed by atoms with Gasteiger partial charge in [0.05, 0.1) is 17.2 Å². The second kappa shape index (κ2) is 6.34. The van der Waals surface area contributed by atoms with Crippen molar-refractivity contribution in [1.82, 2.24) is 4.98 Å². The molecule has 1 aromatic heterocycles. The molecule has 0 amide bonds. The summed E-state index contributed by atoms with van der Waals surface area (Å²) >= 11 is 6.00. The number of hydrogen-bond donors (Lipinski definition) is 0. The maximum atomic E-state index is 12.4. The number of carbonyl (C=O) groups excluding carboxylic acids is 1. The zero-order chi connectivity index (χ0) is 13.7. The predicted molar refractivity (Wildman–Crippen MR) is 74.9 cm³/mol. The van der Waals surface area contributed by atoms with E-state index in [-0.39, 0.29) is 11.5 Å². The number of ketones is 1. The van der Waals surface area contributed by atoms with Crippen LogP contribution >= 0.6 is 11.6 Å². The lowest BCUT2D eigenvalue weighted by molar-refractivity contribution is 0.103. The third-order valence-corrected chi connectivity index (χ3v) is 2.87. The lowest BCUT2D eigenvalue weighted by Crippen LogP contribution is -2.08. The van der Waals surface area contributed by atoms with Crippen molar-refractivity contribution in [1.29, 1.82) is 0 Å². The fourth-order valence-corrected chi connectivity index (χ4v) is 1.88. The zero-order valence-corrected chi connectivity index (χ0v) is 11.4. The molecule has 0 aliphatic rings. The SMILES string of the molecule is CCCOc1ccccc1C(=O)c1ncccc1Cl. The lowest BCUT2D eigenvalue weighted by atomic mass is 10.1. The van der Waals surface area contributed by atoms with Crippen molar-refractivity contribution in [3.8, 4) is 5.75 Å². The van der Waals surface area contributed by atoms with Crippen LogP contribution in [0.15, 0.2) is 42.6 Å². The summed E-state index contributed by atoms with van der Waals surface area (Å²) < 4.78 is 5.58. The molecule has 0 fully saturated rings. The first kappa shape index (κ1) is 13.6. The Bertz CT molecular complexity index is 584. The number of para-hydroxylation sites is 1. The Balaban J connectivity index is 2.36. The summed E-state index contributed by atoms with van der Waals surface area (Å²) in [5.74, 6) is 0.341. The van der Waals surface area contributed by atoms with Gasteiger partial charge in [0.25, 0.3) is 0 Å². The standard InChI is InChI=1S/C15H14ClNO2/c1-2-10-19-13-8-4-3-6-11(13)15(18)14-12(16)7-5-9-17-14/h3-9H,2,10H2,1H3. The third kappa shape index (κ3) is 3.12. The highest BCUT2D eigenvalue weighted by Gasteiger charge is 2.17. The minimum Gasteiger partial charge on any atom is -0.493 e. The van der Waals surface area contributed by atoms with E-state index in [9.17, 15) is 4.79 Å². The summed E-state index contributed by atoms with van der Waals surface area (Å²) in [5.41, 5.74) is 0.730. The number of aromatic nitrogens is 1. The quantitative estimate of drug-likeness (QED) is 0.780. The molecular weight excluding hydrogens is 262 g/mol. The van der Waals surface area contributed by atoms with E-state index in [1.807, 2.05) is 13.0 Å². The highest BCUT2D eigenvalue weighted by atomic mass is 35.5. The third-order valence-electron chi connectivity index (χ3n) is 2.57. The minimum atomic E-state index is -0.225. The van der Waals surface area contributed by atoms with E-state index < -0.39 is 0 Å². The second-order valence-corrected chi connectivity index (χ2v) is 4.41. The van der Waals surface area contributed by atoms with Gasteiger partial charge in [0.15, 0.2) is 0 Å². The Kier molecular flexibility index (Phi) is 4.53. The Hall–Kier alpha value is -1.87. The molecule has 0 aliphatic carbocycles. The van der Waals surface area contributed by atoms with Gasteiger partial charge >= 0.3 is 0 Å². The van der Waals surface area contributed by atoms with Gasteiger partial charge in [-0.15, -0.1) is 0 Å². The summed E-state index contributed by atoms with van der Waals surface area (Å²) in [6.07, 6.45) is 2.43. The van der Waals surface area contributed by atoms with E-state index in [0.29, 0.717) is 22.9 Å². The zero-order valence-electron chi connectivity index (χ0n) is 10.6. The van der Waals surface area contributed by atoms with E-state index in [1.165, 1.54) is 0 Å². The topological polar surface area (TPSA) is 39.2 Å². The molecule has 0 aliphatic heterocycles. The van der Waals surface area contributed by atoms with Gasteiger partial charge in [0.2, 0.25) is 5.78 Å². The Labute approximate surface area is 117 Å². The average molecular weight is 276 g/mol. The number of pyridine rings is 1. The molecule has 1 heterocycles. The molecule has 0 atom stereocenters. The second-order valence-electron chi connectivity index (χ2n) is 4.01. The van der Waals surface area contributed by atoms with Crippen molar-refractivity contribution in [2.75, 3.05) is 6.61 Å². The van der Waals surface area contributed by atoms with Crippen LogP contribution < -0.4 is 4.74 Å². The molecular formula is C15H14ClNO2. The molecule has 0 saturated heterocycles. The van der Waals surface area contributed by atoms with Crippen molar-refractivity contribution >= 4 is 17.4 Å². The Morgan fingerprint density at radius 1 is 1.26 bits per heavy atom. The van der Waals surface area contributed by atoms with Gasteiger partial charge in [-0.25, -0.2) is 0 Å². The summed E-state index contributed by atoms with van der Waals surface area (Å²) in [6.45, 7) is 2.58. The number of rotatable bonds is 5. The molecule has 2 aromatic rings. The normalized spacial score (nSPS) is 10.2. The summed E-state index contributed by atoms with van der Waals surface area (Å²) in [4.78, 5) is 16.5. The predicted octanol–water partition coefficient (Wildman–Crippen LogP) is 3.75. The molecule has 1 aromatic carbocycles. The molecule has 2 rings (SSSR count). The smallest absolute Gasteiger partial charge is 0.216 e. The number of hydrogen-bond acceptors (Lipinski definition) is 3. The Morgan fingerprint density at radius 2 is 2.05 bits per heavy atom. The first-order chi connectivity index (χ1) is 9.24. The van der Waals surface area contributed by atoms with Gasteiger partial charge in [0, 0.05) is 6.20 Å². The van der Waals surface area contributed by atoms with E-state index in [2.05, 4.69) is 4.98 Å². The van der Waals surface area contributed by atoms with E-state index in [0.717, 1.165) is 6.42 Å². The molecule has 19 heavy (non-hydrogen) atoms. The van der Waals surface area contributed by atoms with E-state index >= 15 is 0 Å². The highest BCUT2D eigenvalue weighted by molar-refractivity contribution is 6.34. The van der Waals surface area contributed by atoms with Gasteiger partial charge in [-0.1, -0.05) is 30.7 Å². The molecule has 0 radical (unpaired) electrons. The number of ether oxygens (including phenoxy) is 1. The van der Waals surface area contributed by atoms with Gasteiger partial charge < -0.3 is 4.74 Å². The highest BCUT2D eigenvalue weighted by Crippen LogP contribution is 2.24. The van der Waals surface area contributed by atoms with Gasteiger partial charge in [-0.05, 0) is 30.7 Å². The van der Waals surface area contributed by atoms with Crippen molar-refractivity contribution in [3.05, 3.63) is 58.9 Å². The van der Waals surface area contributed by atoms with Crippen LogP contribution in [0.3, 0.4) is 0 Å². The summed E-state index contributed by atoms with van der Waals surface area (Å²) in [6, 6.07) is 10.5. The molecule has 98 valence electrons. The first-order valence-electron chi connectivity index (χ1n) is 6.11. The fraction of sp³-hybridized carbons (Fsp3) is 0.200. The summed E-state index contributed by atoms with van der Waals surface area (Å²) in [7, 11) is 0. The monoisotopic (exact) mass is 275 g/mol. The van der Waals surface area contributed by atoms with Crippen LogP contribution in [0.25, 0.3) is 0 Å². The molecule has 0 spiro atoms. The maximum Gasteiger partial charge on any atom is 0.216 e. The van der Waals surface area contributed by atoms with Gasteiger partial charge in [-0.3, -0.25) is 9.78 Å². The first-order valence-corrected chi connectivity index (χ1v) is 6.49. The number of benzene rings is 1. The molecule has 0 N–H and O–H groups in total. The van der Waals surface area contributed by atoms with Crippen molar-refractivity contribution < 1.29 is 9.53 Å². The van der Waals surface area contributed by atoms with Gasteiger partial charge in [0.1, 0.15) is 11.4 Å². The van der Waals surface area contributed by atoms with Crippen molar-refractivity contribution in [2.45, 2.75) is 13.3 Å². The van der Waals surface area contributed by atoms with Crippen LogP contribution in [0.1, 0.15) is 29.4 Å². The molecule has 0 unspecified atom stereocenters. The van der Waals surface area contributed by atoms with Crippen LogP contribution in [0, 0.1) is 0 Å². The van der Waals surface area contributed by atoms with E-state index in [4.69, 9.17) is 16.3 Å². The number of carbonyl (C=O) groups is 1. The van der Waals surface area contributed by atoms with Crippen LogP contribution in [-0.2, 0) is 0 Å². The van der Waals surface area contributed by atoms with Crippen LogP contribution in [0.5, 0.6) is 5.75 Å². The van der Waals surface area contributed by atoms with Crippen LogP contribution in [-0.4, -0.2) is 17.4 Å². The van der Waals surface area contributed by atoms with Crippen LogP contribution in [0.2, 0.25) is 5.02 Å². The average Bonchev–Trinajstić information content (AvgIpc) is 2.45. The number of halogens is 1.